The molecule has 0 aliphatic heterocycles. The van der Waals surface area contributed by atoms with Gasteiger partial charge in [-0.25, -0.2) is 0 Å². The van der Waals surface area contributed by atoms with E-state index in [1.807, 2.05) is 0 Å². The highest BCUT2D eigenvalue weighted by molar-refractivity contribution is 7.20. The van der Waals surface area contributed by atoms with E-state index in [4.69, 9.17) is 46.4 Å². The topological polar surface area (TPSA) is 0 Å². The van der Waals surface area contributed by atoms with Crippen LogP contribution in [0.25, 0.3) is 0 Å². The zero-order valence-corrected chi connectivity index (χ0v) is 9.62. The van der Waals surface area contributed by atoms with Gasteiger partial charge in [0.05, 0.1) is 19.4 Å². The van der Waals surface area contributed by atoms with E-state index < -0.39 is 0 Å². The van der Waals surface area contributed by atoms with E-state index >= 15 is 0 Å². The predicted molar refractivity (Wildman–Crippen MR) is 56.1 cm³/mol. The first-order valence-electron chi connectivity index (χ1n) is 3.37. The molecule has 0 radical (unpaired) electrons. The molecule has 2 rings (SSSR count). The van der Waals surface area contributed by atoms with Gasteiger partial charge in [0.25, 0.3) is 0 Å². The molecule has 1 heterocycles. The van der Waals surface area contributed by atoms with Crippen LogP contribution in [0, 0.1) is 0 Å². The normalized spacial score (nSPS) is 27.7. The number of halogens is 4. The number of rotatable bonds is 0. The molecule has 1 aliphatic rings. The minimum absolute atomic E-state index is 0.0706. The van der Waals surface area contributed by atoms with E-state index in [-0.39, 0.29) is 10.8 Å². The number of thiophene rings is 1. The summed E-state index contributed by atoms with van der Waals surface area (Å²) in [6.45, 7) is 0. The lowest BCUT2D eigenvalue weighted by Crippen LogP contribution is -1.79. The highest BCUT2D eigenvalue weighted by Crippen LogP contribution is 2.55. The van der Waals surface area contributed by atoms with Crippen LogP contribution in [-0.4, -0.2) is 0 Å². The van der Waals surface area contributed by atoms with Crippen LogP contribution in [0.15, 0.2) is 0 Å². The smallest absolute Gasteiger partial charge is 0.0994 e. The molecule has 0 amide bonds. The van der Waals surface area contributed by atoms with Crippen molar-refractivity contribution >= 4 is 57.7 Å². The van der Waals surface area contributed by atoms with Gasteiger partial charge in [-0.15, -0.1) is 34.5 Å². The van der Waals surface area contributed by atoms with Gasteiger partial charge >= 0.3 is 0 Å². The van der Waals surface area contributed by atoms with E-state index in [2.05, 4.69) is 0 Å². The minimum Gasteiger partial charge on any atom is -0.118 e. The molecule has 1 aliphatic carbocycles. The van der Waals surface area contributed by atoms with E-state index in [9.17, 15) is 0 Å². The van der Waals surface area contributed by atoms with E-state index in [0.717, 1.165) is 17.5 Å². The van der Waals surface area contributed by atoms with Crippen LogP contribution in [0.1, 0.15) is 28.3 Å². The van der Waals surface area contributed by atoms with Crippen molar-refractivity contribution in [3.05, 3.63) is 19.8 Å². The molecule has 66 valence electrons. The molecular formula is C7H4Cl4S. The lowest BCUT2D eigenvalue weighted by molar-refractivity contribution is 0.855. The fourth-order valence-corrected chi connectivity index (χ4v) is 4.47. The van der Waals surface area contributed by atoms with Gasteiger partial charge in [0.2, 0.25) is 0 Å². The Labute approximate surface area is 94.4 Å². The van der Waals surface area contributed by atoms with Crippen molar-refractivity contribution < 1.29 is 0 Å². The van der Waals surface area contributed by atoms with Crippen LogP contribution < -0.4 is 0 Å². The second-order valence-electron chi connectivity index (χ2n) is 2.65. The predicted octanol–water partition coefficient (Wildman–Crippen LogP) is 5.02. The molecule has 0 aromatic carbocycles. The number of alkyl halides is 2. The molecule has 1 aromatic heterocycles. The van der Waals surface area contributed by atoms with Gasteiger partial charge in [0, 0.05) is 11.1 Å². The van der Waals surface area contributed by atoms with Gasteiger partial charge in [-0.3, -0.25) is 0 Å². The summed E-state index contributed by atoms with van der Waals surface area (Å²) in [5.41, 5.74) is 1.88. The number of fused-ring (bicyclic) bond motifs is 1. The Morgan fingerprint density at radius 1 is 1.00 bits per heavy atom. The largest absolute Gasteiger partial charge is 0.118 e. The zero-order chi connectivity index (χ0) is 8.88. The van der Waals surface area contributed by atoms with Crippen molar-refractivity contribution in [2.45, 2.75) is 17.2 Å². The highest BCUT2D eigenvalue weighted by atomic mass is 35.5. The Bertz CT molecular complexity index is 291. The van der Waals surface area contributed by atoms with E-state index in [0.29, 0.717) is 8.67 Å². The highest BCUT2D eigenvalue weighted by Gasteiger charge is 2.34. The molecular weight excluding hydrogens is 258 g/mol. The molecule has 0 N–H and O–H groups in total. The molecule has 0 nitrogen and oxygen atoms in total. The zero-order valence-electron chi connectivity index (χ0n) is 5.78. The van der Waals surface area contributed by atoms with Crippen molar-refractivity contribution in [1.29, 1.82) is 0 Å². The lowest BCUT2D eigenvalue weighted by Gasteiger charge is -1.98. The molecule has 0 fully saturated rings. The lowest BCUT2D eigenvalue weighted by atomic mass is 10.2. The van der Waals surface area contributed by atoms with Gasteiger partial charge in [0.1, 0.15) is 0 Å². The fourth-order valence-electron chi connectivity index (χ4n) is 1.40. The summed E-state index contributed by atoms with van der Waals surface area (Å²) in [7, 11) is 0. The van der Waals surface area contributed by atoms with E-state index in [1.54, 1.807) is 0 Å². The Morgan fingerprint density at radius 3 is 1.83 bits per heavy atom. The summed E-state index contributed by atoms with van der Waals surface area (Å²) in [5.74, 6) is 0. The molecule has 0 bridgehead atoms. The SMILES string of the molecule is Clc1sc(Cl)c2c1[C@H](Cl)C[C@@H]2Cl. The molecule has 12 heavy (non-hydrogen) atoms. The molecule has 0 saturated heterocycles. The first-order valence-corrected chi connectivity index (χ1v) is 5.81. The van der Waals surface area contributed by atoms with Crippen LogP contribution in [0.2, 0.25) is 8.67 Å². The maximum atomic E-state index is 6.04. The van der Waals surface area contributed by atoms with Crippen LogP contribution in [0.5, 0.6) is 0 Å². The molecule has 5 heteroatoms. The Hall–Kier alpha value is 0.860. The maximum Gasteiger partial charge on any atom is 0.0994 e. The van der Waals surface area contributed by atoms with Gasteiger partial charge in [-0.1, -0.05) is 23.2 Å². The average Bonchev–Trinajstić information content (AvgIpc) is 2.38. The second-order valence-corrected chi connectivity index (χ2v) is 5.93. The van der Waals surface area contributed by atoms with Crippen molar-refractivity contribution in [2.75, 3.05) is 0 Å². The molecule has 2 atom stereocenters. The van der Waals surface area contributed by atoms with Crippen LogP contribution >= 0.6 is 57.7 Å². The maximum absolute atomic E-state index is 6.04. The van der Waals surface area contributed by atoms with Crippen LogP contribution in [0.3, 0.4) is 0 Å². The molecule has 0 spiro atoms. The Balaban J connectivity index is 2.62. The van der Waals surface area contributed by atoms with Crippen molar-refractivity contribution in [1.82, 2.24) is 0 Å². The van der Waals surface area contributed by atoms with Gasteiger partial charge in [-0.05, 0) is 6.42 Å². The van der Waals surface area contributed by atoms with Crippen LogP contribution in [-0.2, 0) is 0 Å². The van der Waals surface area contributed by atoms with Crippen molar-refractivity contribution in [3.63, 3.8) is 0 Å². The third-order valence-corrected chi connectivity index (χ3v) is 4.39. The van der Waals surface area contributed by atoms with Gasteiger partial charge < -0.3 is 0 Å². The summed E-state index contributed by atoms with van der Waals surface area (Å²) in [5, 5.41) is -0.141. The van der Waals surface area contributed by atoms with Gasteiger partial charge in [-0.2, -0.15) is 0 Å². The fraction of sp³-hybridized carbons (Fsp3) is 0.429. The van der Waals surface area contributed by atoms with Gasteiger partial charge in [0.15, 0.2) is 0 Å². The number of hydrogen-bond acceptors (Lipinski definition) is 1. The Morgan fingerprint density at radius 2 is 1.42 bits per heavy atom. The molecule has 0 saturated carbocycles. The van der Waals surface area contributed by atoms with Crippen molar-refractivity contribution in [2.24, 2.45) is 0 Å². The summed E-state index contributed by atoms with van der Waals surface area (Å²) in [6.07, 6.45) is 0.723. The summed E-state index contributed by atoms with van der Waals surface area (Å²) in [4.78, 5) is 0. The third-order valence-electron chi connectivity index (χ3n) is 1.93. The standard InChI is InChI=1S/C7H4Cl4S/c8-2-1-3(9)5-4(2)6(10)12-7(5)11/h2-3H,1H2/t2-,3+. The first-order chi connectivity index (χ1) is 5.61. The van der Waals surface area contributed by atoms with E-state index in [1.165, 1.54) is 11.3 Å². The molecule has 1 aromatic rings. The average molecular weight is 262 g/mol. The second kappa shape index (κ2) is 3.21. The summed E-state index contributed by atoms with van der Waals surface area (Å²) in [6, 6.07) is 0. The van der Waals surface area contributed by atoms with Crippen molar-refractivity contribution in [3.8, 4) is 0 Å². The quantitative estimate of drug-likeness (QED) is 0.576. The monoisotopic (exact) mass is 260 g/mol. The Kier molecular flexibility index (Phi) is 2.52. The minimum atomic E-state index is -0.0706. The van der Waals surface area contributed by atoms with Crippen LogP contribution in [0.4, 0.5) is 0 Å². The molecule has 0 unspecified atom stereocenters. The number of hydrogen-bond donors (Lipinski definition) is 0. The first kappa shape index (κ1) is 9.42. The summed E-state index contributed by atoms with van der Waals surface area (Å²) >= 11 is 25.3. The summed E-state index contributed by atoms with van der Waals surface area (Å²) < 4.78 is 1.36. The third kappa shape index (κ3) is 1.27.